The van der Waals surface area contributed by atoms with E-state index in [1.54, 1.807) is 23.5 Å². The molecule has 0 saturated carbocycles. The van der Waals surface area contributed by atoms with Gasteiger partial charge in [0.25, 0.3) is 0 Å². The molecule has 0 aromatic heterocycles. The van der Waals surface area contributed by atoms with E-state index in [0.717, 1.165) is 53.0 Å². The summed E-state index contributed by atoms with van der Waals surface area (Å²) in [5.74, 6) is 0. The van der Waals surface area contributed by atoms with Crippen LogP contribution in [0, 0.1) is 13.8 Å². The van der Waals surface area contributed by atoms with E-state index < -0.39 is 0 Å². The van der Waals surface area contributed by atoms with Crippen LogP contribution >= 0.6 is 23.5 Å². The van der Waals surface area contributed by atoms with Crippen molar-refractivity contribution in [2.45, 2.75) is 23.6 Å². The molecule has 6 aromatic rings. The number of thioether (sulfide) groups is 2. The second-order valence-corrected chi connectivity index (χ2v) is 13.1. The van der Waals surface area contributed by atoms with Crippen LogP contribution < -0.4 is 0 Å². The van der Waals surface area contributed by atoms with Gasteiger partial charge in [-0.05, 0) is 60.4 Å². The molecule has 0 N–H and O–H groups in total. The summed E-state index contributed by atoms with van der Waals surface area (Å²) in [6.45, 7) is 4.25. The van der Waals surface area contributed by atoms with Crippen LogP contribution in [0.4, 0.5) is 0 Å². The summed E-state index contributed by atoms with van der Waals surface area (Å²) >= 11 is 3.46. The summed E-state index contributed by atoms with van der Waals surface area (Å²) in [6, 6.07) is 59.7. The number of benzene rings is 6. The van der Waals surface area contributed by atoms with E-state index in [1.165, 1.54) is 11.1 Å². The minimum Gasteiger partial charge on any atom is -0.0945 e. The Morgan fingerprint density at radius 3 is 0.870 bits per heavy atom. The lowest BCUT2D eigenvalue weighted by Gasteiger charge is -2.13. The van der Waals surface area contributed by atoms with E-state index in [0.29, 0.717) is 0 Å². The SMILES string of the molecule is Cc1ccc(SC(=C=C(c2ccccc2)c2ccccc2)C(=C=C(c2ccccc2)c2ccccc2)Sc2ccc(C)cc2)cc1. The van der Waals surface area contributed by atoms with E-state index in [2.05, 4.69) is 195 Å². The average molecular weight is 627 g/mol. The minimum absolute atomic E-state index is 1.00. The highest BCUT2D eigenvalue weighted by Crippen LogP contribution is 2.42. The molecule has 0 fully saturated rings. The average Bonchev–Trinajstić information content (AvgIpc) is 3.11. The van der Waals surface area contributed by atoms with Gasteiger partial charge < -0.3 is 0 Å². The fourth-order valence-electron chi connectivity index (χ4n) is 4.97. The lowest BCUT2D eigenvalue weighted by Crippen LogP contribution is -1.90. The van der Waals surface area contributed by atoms with E-state index in [9.17, 15) is 0 Å². The van der Waals surface area contributed by atoms with Gasteiger partial charge in [0.15, 0.2) is 0 Å². The van der Waals surface area contributed by atoms with Gasteiger partial charge in [0, 0.05) is 20.9 Å². The standard InChI is InChI=1S/C44H34S2/c1-33-23-27-39(28-24-33)45-43(31-41(35-15-7-3-8-16-35)36-17-9-4-10-18-36)44(46-40-29-25-34(2)26-30-40)32-42(37-19-11-5-12-20-37)38-21-13-6-14-22-38/h3-30H,1-2H3. The van der Waals surface area contributed by atoms with Crippen molar-refractivity contribution in [1.29, 1.82) is 0 Å². The van der Waals surface area contributed by atoms with Crippen molar-refractivity contribution in [1.82, 2.24) is 0 Å². The molecular formula is C44H34S2. The predicted molar refractivity (Wildman–Crippen MR) is 199 cm³/mol. The lowest BCUT2D eigenvalue weighted by molar-refractivity contribution is 1.38. The molecule has 0 heterocycles. The van der Waals surface area contributed by atoms with E-state index in [4.69, 9.17) is 0 Å². The summed E-state index contributed by atoms with van der Waals surface area (Å²) in [6.07, 6.45) is 0. The Morgan fingerprint density at radius 1 is 0.348 bits per heavy atom. The zero-order valence-electron chi connectivity index (χ0n) is 26.0. The molecule has 0 aliphatic carbocycles. The van der Waals surface area contributed by atoms with Crippen LogP contribution in [-0.4, -0.2) is 0 Å². The molecule has 0 amide bonds. The Hall–Kier alpha value is -4.94. The molecule has 0 nitrogen and oxygen atoms in total. The Kier molecular flexibility index (Phi) is 10.4. The highest BCUT2D eigenvalue weighted by atomic mass is 32.2. The highest BCUT2D eigenvalue weighted by molar-refractivity contribution is 8.08. The second kappa shape index (κ2) is 15.4. The summed E-state index contributed by atoms with van der Waals surface area (Å²) in [4.78, 5) is 4.31. The van der Waals surface area contributed by atoms with E-state index in [1.807, 2.05) is 0 Å². The van der Waals surface area contributed by atoms with Gasteiger partial charge in [-0.15, -0.1) is 0 Å². The smallest absolute Gasteiger partial charge is 0.0765 e. The fourth-order valence-corrected chi connectivity index (χ4v) is 6.83. The van der Waals surface area contributed by atoms with E-state index in [-0.39, 0.29) is 0 Å². The molecule has 6 aromatic carbocycles. The van der Waals surface area contributed by atoms with E-state index >= 15 is 0 Å². The summed E-state index contributed by atoms with van der Waals surface area (Å²) < 4.78 is 0. The van der Waals surface area contributed by atoms with Crippen molar-refractivity contribution in [3.8, 4) is 0 Å². The van der Waals surface area contributed by atoms with Crippen LogP contribution in [0.2, 0.25) is 0 Å². The maximum Gasteiger partial charge on any atom is 0.0765 e. The normalized spacial score (nSPS) is 10.4. The first kappa shape index (κ1) is 31.1. The molecule has 46 heavy (non-hydrogen) atoms. The topological polar surface area (TPSA) is 0 Å². The van der Waals surface area contributed by atoms with Crippen LogP contribution in [0.15, 0.2) is 201 Å². The molecule has 0 saturated heterocycles. The van der Waals surface area contributed by atoms with Crippen molar-refractivity contribution in [2.24, 2.45) is 0 Å². The van der Waals surface area contributed by atoms with Crippen molar-refractivity contribution in [2.75, 3.05) is 0 Å². The largest absolute Gasteiger partial charge is 0.0945 e. The Morgan fingerprint density at radius 2 is 0.609 bits per heavy atom. The number of rotatable bonds is 9. The van der Waals surface area contributed by atoms with Crippen LogP contribution in [0.5, 0.6) is 0 Å². The molecule has 0 atom stereocenters. The third-order valence-corrected chi connectivity index (χ3v) is 9.58. The van der Waals surface area contributed by atoms with Gasteiger partial charge in [0.05, 0.1) is 9.81 Å². The third-order valence-electron chi connectivity index (χ3n) is 7.41. The molecular weight excluding hydrogens is 593 g/mol. The molecule has 6 rings (SSSR count). The van der Waals surface area contributed by atoms with Gasteiger partial charge in [-0.25, -0.2) is 0 Å². The maximum absolute atomic E-state index is 3.95. The minimum atomic E-state index is 1.00. The first-order chi connectivity index (χ1) is 22.6. The zero-order chi connectivity index (χ0) is 31.6. The molecule has 222 valence electrons. The molecule has 0 aliphatic rings. The fraction of sp³-hybridized carbons (Fsp3) is 0.0455. The van der Waals surface area contributed by atoms with Gasteiger partial charge in [0.2, 0.25) is 0 Å². The number of hydrogen-bond donors (Lipinski definition) is 0. The quantitative estimate of drug-likeness (QED) is 0.0889. The first-order valence-electron chi connectivity index (χ1n) is 15.4. The number of aryl methyl sites for hydroxylation is 2. The first-order valence-corrected chi connectivity index (χ1v) is 17.0. The van der Waals surface area contributed by atoms with Crippen LogP contribution in [0.25, 0.3) is 11.1 Å². The van der Waals surface area contributed by atoms with Crippen molar-refractivity contribution < 1.29 is 0 Å². The second-order valence-electron chi connectivity index (χ2n) is 11.0. The monoisotopic (exact) mass is 626 g/mol. The van der Waals surface area contributed by atoms with Crippen LogP contribution in [-0.2, 0) is 0 Å². The van der Waals surface area contributed by atoms with Gasteiger partial charge in [-0.2, -0.15) is 0 Å². The molecule has 0 bridgehead atoms. The summed E-state index contributed by atoms with van der Waals surface area (Å²) in [5.41, 5.74) is 16.9. The van der Waals surface area contributed by atoms with Crippen molar-refractivity contribution >= 4 is 34.7 Å². The molecule has 2 heteroatoms. The van der Waals surface area contributed by atoms with Crippen LogP contribution in [0.1, 0.15) is 33.4 Å². The highest BCUT2D eigenvalue weighted by Gasteiger charge is 2.15. The Labute approximate surface area is 281 Å². The Balaban J connectivity index is 1.71. The van der Waals surface area contributed by atoms with Crippen LogP contribution in [0.3, 0.4) is 0 Å². The third kappa shape index (κ3) is 8.20. The van der Waals surface area contributed by atoms with Gasteiger partial charge in [-0.1, -0.05) is 192 Å². The predicted octanol–water partition coefficient (Wildman–Crippen LogP) is 12.4. The molecule has 0 unspecified atom stereocenters. The van der Waals surface area contributed by atoms with Gasteiger partial charge in [0.1, 0.15) is 0 Å². The molecule has 0 spiro atoms. The molecule has 0 aliphatic heterocycles. The van der Waals surface area contributed by atoms with Gasteiger partial charge in [-0.3, -0.25) is 0 Å². The van der Waals surface area contributed by atoms with Crippen molar-refractivity contribution in [3.63, 3.8) is 0 Å². The number of hydrogen-bond acceptors (Lipinski definition) is 2. The maximum atomic E-state index is 3.95. The summed E-state index contributed by atoms with van der Waals surface area (Å²) in [7, 11) is 0. The zero-order valence-corrected chi connectivity index (χ0v) is 27.6. The van der Waals surface area contributed by atoms with Gasteiger partial charge >= 0.3 is 0 Å². The lowest BCUT2D eigenvalue weighted by atomic mass is 9.98. The Bertz CT molecular complexity index is 1780. The summed E-state index contributed by atoms with van der Waals surface area (Å²) in [5, 5.41) is 0. The van der Waals surface area contributed by atoms with Crippen molar-refractivity contribution in [3.05, 3.63) is 225 Å². The molecule has 0 radical (unpaired) electrons.